The maximum atomic E-state index is 5.97. The minimum absolute atomic E-state index is 0. The van der Waals surface area contributed by atoms with Crippen molar-refractivity contribution in [3.63, 3.8) is 0 Å². The van der Waals surface area contributed by atoms with Crippen LogP contribution in [0.4, 0.5) is 5.69 Å². The van der Waals surface area contributed by atoms with E-state index in [0.29, 0.717) is 12.6 Å². The highest BCUT2D eigenvalue weighted by Crippen LogP contribution is 2.28. The van der Waals surface area contributed by atoms with Crippen LogP contribution in [0.3, 0.4) is 0 Å². The van der Waals surface area contributed by atoms with E-state index in [1.807, 2.05) is 24.3 Å². The number of nitrogens with zero attached hydrogens (tertiary/aromatic N) is 1. The molecular weight excluding hydrogens is 401 g/mol. The van der Waals surface area contributed by atoms with E-state index >= 15 is 0 Å². The average molecular weight is 431 g/mol. The number of halogens is 1. The third-order valence-electron chi connectivity index (χ3n) is 4.36. The standard InChI is InChI=1S/C18H29N3O.HI/c1-22-14-16-11-4-5-12-17(16)21-18(19)20-13-7-6-10-15-8-2-3-9-15;/h4-5,11-12,15H,2-3,6-10,13-14H2,1H3,(H3,19,20,21);1H. The second-order valence-electron chi connectivity index (χ2n) is 6.13. The van der Waals surface area contributed by atoms with Crippen molar-refractivity contribution in [2.45, 2.75) is 51.6 Å². The summed E-state index contributed by atoms with van der Waals surface area (Å²) in [6.45, 7) is 1.37. The van der Waals surface area contributed by atoms with Crippen LogP contribution in [0.25, 0.3) is 0 Å². The topological polar surface area (TPSA) is 59.6 Å². The molecule has 1 aromatic rings. The molecule has 4 nitrogen and oxygen atoms in total. The zero-order valence-electron chi connectivity index (χ0n) is 14.1. The van der Waals surface area contributed by atoms with Gasteiger partial charge in [-0.05, 0) is 18.4 Å². The van der Waals surface area contributed by atoms with E-state index in [4.69, 9.17) is 10.5 Å². The lowest BCUT2D eigenvalue weighted by Gasteiger charge is -2.11. The van der Waals surface area contributed by atoms with Gasteiger partial charge in [0.1, 0.15) is 0 Å². The van der Waals surface area contributed by atoms with Crippen molar-refractivity contribution in [3.8, 4) is 0 Å². The summed E-state index contributed by atoms with van der Waals surface area (Å²) in [5.74, 6) is 1.46. The molecule has 0 bridgehead atoms. The van der Waals surface area contributed by atoms with Gasteiger partial charge in [0.25, 0.3) is 0 Å². The zero-order chi connectivity index (χ0) is 15.6. The van der Waals surface area contributed by atoms with Gasteiger partial charge >= 0.3 is 0 Å². The molecule has 1 saturated carbocycles. The number of para-hydroxylation sites is 1. The summed E-state index contributed by atoms with van der Waals surface area (Å²) in [5.41, 5.74) is 8.03. The molecule has 2 rings (SSSR count). The van der Waals surface area contributed by atoms with Crippen LogP contribution >= 0.6 is 24.0 Å². The van der Waals surface area contributed by atoms with E-state index in [2.05, 4.69) is 10.3 Å². The number of aliphatic imine (C=N–C) groups is 1. The van der Waals surface area contributed by atoms with E-state index in [1.54, 1.807) is 7.11 Å². The summed E-state index contributed by atoms with van der Waals surface area (Å²) >= 11 is 0. The number of benzene rings is 1. The molecule has 0 unspecified atom stereocenters. The Labute approximate surface area is 157 Å². The van der Waals surface area contributed by atoms with Gasteiger partial charge in [-0.1, -0.05) is 56.7 Å². The third-order valence-corrected chi connectivity index (χ3v) is 4.36. The summed E-state index contributed by atoms with van der Waals surface area (Å²) < 4.78 is 5.19. The molecule has 130 valence electrons. The van der Waals surface area contributed by atoms with Gasteiger partial charge in [-0.15, -0.1) is 24.0 Å². The van der Waals surface area contributed by atoms with Crippen molar-refractivity contribution >= 4 is 35.6 Å². The molecule has 1 aliphatic rings. The monoisotopic (exact) mass is 431 g/mol. The van der Waals surface area contributed by atoms with Crippen LogP contribution in [0, 0.1) is 5.92 Å². The van der Waals surface area contributed by atoms with Crippen LogP contribution in [0.1, 0.15) is 50.5 Å². The van der Waals surface area contributed by atoms with Gasteiger partial charge in [0, 0.05) is 24.9 Å². The quantitative estimate of drug-likeness (QED) is 0.275. The van der Waals surface area contributed by atoms with Gasteiger partial charge in [-0.3, -0.25) is 4.99 Å². The fraction of sp³-hybridized carbons (Fsp3) is 0.611. The Morgan fingerprint density at radius 3 is 2.74 bits per heavy atom. The van der Waals surface area contributed by atoms with Crippen LogP contribution in [-0.4, -0.2) is 19.6 Å². The summed E-state index contributed by atoms with van der Waals surface area (Å²) in [5, 5.41) is 3.18. The second-order valence-corrected chi connectivity index (χ2v) is 6.13. The Morgan fingerprint density at radius 2 is 2.00 bits per heavy atom. The van der Waals surface area contributed by atoms with Gasteiger partial charge in [0.15, 0.2) is 5.96 Å². The molecule has 0 aliphatic heterocycles. The molecule has 0 saturated heterocycles. The molecule has 0 radical (unpaired) electrons. The molecule has 5 heteroatoms. The van der Waals surface area contributed by atoms with Crippen molar-refractivity contribution in [2.24, 2.45) is 16.6 Å². The van der Waals surface area contributed by atoms with Crippen molar-refractivity contribution in [3.05, 3.63) is 29.8 Å². The predicted molar refractivity (Wildman–Crippen MR) is 108 cm³/mol. The second kappa shape index (κ2) is 11.7. The molecule has 0 aromatic heterocycles. The predicted octanol–water partition coefficient (Wildman–Crippen LogP) is 4.54. The van der Waals surface area contributed by atoms with Gasteiger partial charge in [-0.2, -0.15) is 0 Å². The van der Waals surface area contributed by atoms with Gasteiger partial charge in [0.2, 0.25) is 0 Å². The molecule has 3 N–H and O–H groups in total. The summed E-state index contributed by atoms with van der Waals surface area (Å²) in [6, 6.07) is 8.00. The number of hydrogen-bond acceptors (Lipinski definition) is 2. The number of methoxy groups -OCH3 is 1. The number of unbranched alkanes of at least 4 members (excludes halogenated alkanes) is 1. The fourth-order valence-electron chi connectivity index (χ4n) is 3.14. The normalized spacial score (nSPS) is 15.4. The van der Waals surface area contributed by atoms with E-state index in [0.717, 1.165) is 30.1 Å². The van der Waals surface area contributed by atoms with Crippen molar-refractivity contribution < 1.29 is 4.74 Å². The average Bonchev–Trinajstić information content (AvgIpc) is 3.02. The number of guanidine groups is 1. The molecule has 1 fully saturated rings. The molecule has 1 aliphatic carbocycles. The summed E-state index contributed by atoms with van der Waals surface area (Å²) in [6.07, 6.45) is 9.48. The third kappa shape index (κ3) is 7.52. The van der Waals surface area contributed by atoms with Crippen LogP contribution in [0.2, 0.25) is 0 Å². The van der Waals surface area contributed by atoms with Crippen LogP contribution in [-0.2, 0) is 11.3 Å². The fourth-order valence-corrected chi connectivity index (χ4v) is 3.14. The van der Waals surface area contributed by atoms with Gasteiger partial charge < -0.3 is 15.8 Å². The first-order valence-corrected chi connectivity index (χ1v) is 8.43. The lowest BCUT2D eigenvalue weighted by molar-refractivity contribution is 0.185. The lowest BCUT2D eigenvalue weighted by Crippen LogP contribution is -2.23. The largest absolute Gasteiger partial charge is 0.380 e. The summed E-state index contributed by atoms with van der Waals surface area (Å²) in [7, 11) is 1.69. The number of anilines is 1. The number of nitrogens with two attached hydrogens (primary N) is 1. The first-order chi connectivity index (χ1) is 10.8. The zero-order valence-corrected chi connectivity index (χ0v) is 16.4. The SMILES string of the molecule is COCc1ccccc1NC(N)=NCCCCC1CCCC1.I. The molecule has 0 amide bonds. The van der Waals surface area contributed by atoms with E-state index < -0.39 is 0 Å². The first-order valence-electron chi connectivity index (χ1n) is 8.43. The van der Waals surface area contributed by atoms with E-state index in [9.17, 15) is 0 Å². The number of nitrogens with one attached hydrogen (secondary N) is 1. The number of hydrogen-bond donors (Lipinski definition) is 2. The highest BCUT2D eigenvalue weighted by molar-refractivity contribution is 14.0. The molecule has 0 spiro atoms. The minimum atomic E-state index is 0. The Bertz CT molecular complexity index is 473. The summed E-state index contributed by atoms with van der Waals surface area (Å²) in [4.78, 5) is 4.43. The van der Waals surface area contributed by atoms with Crippen LogP contribution in [0.5, 0.6) is 0 Å². The van der Waals surface area contributed by atoms with Crippen LogP contribution in [0.15, 0.2) is 29.3 Å². The maximum Gasteiger partial charge on any atom is 0.193 e. The Balaban J connectivity index is 0.00000264. The molecular formula is C18H30IN3O. The Kier molecular flexibility index (Phi) is 10.3. The Hall–Kier alpha value is -0.820. The van der Waals surface area contributed by atoms with Crippen LogP contribution < -0.4 is 11.1 Å². The van der Waals surface area contributed by atoms with Crippen molar-refractivity contribution in [2.75, 3.05) is 19.0 Å². The molecule has 0 heterocycles. The lowest BCUT2D eigenvalue weighted by atomic mass is 10.0. The number of rotatable bonds is 8. The minimum Gasteiger partial charge on any atom is -0.380 e. The molecule has 0 atom stereocenters. The van der Waals surface area contributed by atoms with Gasteiger partial charge in [-0.25, -0.2) is 0 Å². The van der Waals surface area contributed by atoms with E-state index in [1.165, 1.54) is 38.5 Å². The van der Waals surface area contributed by atoms with Crippen molar-refractivity contribution in [1.82, 2.24) is 0 Å². The molecule has 1 aromatic carbocycles. The molecule has 23 heavy (non-hydrogen) atoms. The smallest absolute Gasteiger partial charge is 0.193 e. The van der Waals surface area contributed by atoms with E-state index in [-0.39, 0.29) is 24.0 Å². The van der Waals surface area contributed by atoms with Crippen molar-refractivity contribution in [1.29, 1.82) is 0 Å². The first kappa shape index (κ1) is 20.2. The Morgan fingerprint density at radius 1 is 1.26 bits per heavy atom. The highest BCUT2D eigenvalue weighted by Gasteiger charge is 2.13. The highest BCUT2D eigenvalue weighted by atomic mass is 127. The van der Waals surface area contributed by atoms with Gasteiger partial charge in [0.05, 0.1) is 6.61 Å². The maximum absolute atomic E-state index is 5.97. The number of ether oxygens (including phenoxy) is 1.